The molecule has 3 radical (unpaired) electrons. The quantitative estimate of drug-likeness (QED) is 0.161. The predicted molar refractivity (Wildman–Crippen MR) is 134 cm³/mol. The fourth-order valence-electron chi connectivity index (χ4n) is 2.85. The van der Waals surface area contributed by atoms with Crippen LogP contribution in [0.5, 0.6) is 0 Å². The van der Waals surface area contributed by atoms with Crippen molar-refractivity contribution >= 4 is 20.6 Å². The number of alkyl carbamates (subject to hydrolysis) is 1. The summed E-state index contributed by atoms with van der Waals surface area (Å²) in [6, 6.07) is -0.0466. The average molecular weight is 695 g/mol. The molecule has 1 heterocycles. The number of hydrogen-bond acceptors (Lipinski definition) is 6. The molecule has 17 heteroatoms. The number of nitrogens with one attached hydrogen (secondary N) is 1. The number of carbonyl (C=O) groups excluding carboxylic acids is 2. The number of hydroxylamine groups is 2. The molecule has 4 unspecified atom stereocenters. The normalized spacial score (nSPS) is 18.5. The largest absolute Gasteiger partial charge is 1.00 e. The molecular weight excluding hydrogens is 662 g/mol. The van der Waals surface area contributed by atoms with Crippen molar-refractivity contribution in [3.8, 4) is 0 Å². The Hall–Kier alpha value is -1.87. The van der Waals surface area contributed by atoms with Crippen molar-refractivity contribution in [3.05, 3.63) is 64.2 Å². The van der Waals surface area contributed by atoms with Gasteiger partial charge in [0.25, 0.3) is 0 Å². The van der Waals surface area contributed by atoms with Gasteiger partial charge in [0.05, 0.1) is 18.2 Å². The van der Waals surface area contributed by atoms with E-state index in [-0.39, 0.29) is 78.6 Å². The minimum absolute atomic E-state index is 0. The van der Waals surface area contributed by atoms with E-state index in [9.17, 15) is 9.59 Å². The van der Waals surface area contributed by atoms with Crippen molar-refractivity contribution in [1.82, 2.24) is 10.4 Å². The molecule has 1 saturated heterocycles. The summed E-state index contributed by atoms with van der Waals surface area (Å²) in [6.45, 7) is 38.0. The van der Waals surface area contributed by atoms with E-state index in [4.69, 9.17) is 47.3 Å². The van der Waals surface area contributed by atoms with Crippen LogP contribution < -0.4 is 34.9 Å². The van der Waals surface area contributed by atoms with Gasteiger partial charge in [0.15, 0.2) is 0 Å². The van der Waals surface area contributed by atoms with Crippen LogP contribution in [0.1, 0.15) is 55.8 Å². The van der Waals surface area contributed by atoms with Gasteiger partial charge in [-0.1, -0.05) is 24.3 Å². The molecule has 229 valence electrons. The first-order valence-electron chi connectivity index (χ1n) is 10.8. The van der Waals surface area contributed by atoms with Gasteiger partial charge < -0.3 is 21.3 Å². The van der Waals surface area contributed by atoms with E-state index >= 15 is 0 Å². The van der Waals surface area contributed by atoms with Crippen LogP contribution in [0.4, 0.5) is 9.59 Å². The molecule has 2 amide bonds. The Kier molecular flexibility index (Phi) is 51.0. The van der Waals surface area contributed by atoms with Gasteiger partial charge in [-0.3, -0.25) is 4.84 Å². The second-order valence-corrected chi connectivity index (χ2v) is 9.08. The Morgan fingerprint density at radius 1 is 0.814 bits per heavy atom. The molecule has 0 aromatic heterocycles. The Balaban J connectivity index is -0.0000000555. The van der Waals surface area contributed by atoms with E-state index < -0.39 is 29.5 Å². The molecule has 2 N–H and O–H groups in total. The number of hydrogen-bond donors (Lipinski definition) is 2. The van der Waals surface area contributed by atoms with Crippen LogP contribution >= 0.6 is 0 Å². The fourth-order valence-corrected chi connectivity index (χ4v) is 2.85. The second kappa shape index (κ2) is 36.3. The first-order chi connectivity index (χ1) is 18.8. The topological polar surface area (TPSA) is 217 Å². The third-order valence-electron chi connectivity index (χ3n) is 3.91. The van der Waals surface area contributed by atoms with Gasteiger partial charge in [-0.15, -0.1) is 0 Å². The van der Waals surface area contributed by atoms with E-state index in [0.29, 0.717) is 6.42 Å². The number of fused-ring (bicyclic) bond motifs is 2. The summed E-state index contributed by atoms with van der Waals surface area (Å²) in [5, 5.41) is 13.2. The van der Waals surface area contributed by atoms with Gasteiger partial charge in [-0.05, 0) is 41.5 Å². The molecule has 3 aliphatic rings. The minimum atomic E-state index is -0.481. The van der Waals surface area contributed by atoms with Gasteiger partial charge in [0.2, 0.25) is 0 Å². The van der Waals surface area contributed by atoms with Crippen LogP contribution in [-0.4, -0.2) is 66.3 Å². The van der Waals surface area contributed by atoms with Crippen molar-refractivity contribution < 1.29 is 109 Å². The number of ether oxygens (including phenoxy) is 2. The Labute approximate surface area is 292 Å². The van der Waals surface area contributed by atoms with E-state index in [1.54, 1.807) is 12.2 Å². The van der Waals surface area contributed by atoms with Crippen molar-refractivity contribution in [2.75, 3.05) is 0 Å². The molecule has 14 nitrogen and oxygen atoms in total. The molecule has 1 aliphatic heterocycles. The molecule has 0 spiro atoms. The summed E-state index contributed by atoms with van der Waals surface area (Å²) in [5.41, 5.74) is -0.947. The maximum atomic E-state index is 11.6. The van der Waals surface area contributed by atoms with Crippen LogP contribution in [0.3, 0.4) is 0 Å². The van der Waals surface area contributed by atoms with Crippen LogP contribution in [0.25, 0.3) is 0 Å². The smallest absolute Gasteiger partial charge is 1.00 e. The number of aliphatic hydroxyl groups excluding tert-OH is 1. The zero-order valence-electron chi connectivity index (χ0n) is 25.9. The van der Waals surface area contributed by atoms with E-state index in [0.717, 1.165) is 6.42 Å². The molecule has 0 saturated carbocycles. The molecule has 3 rings (SSSR count). The van der Waals surface area contributed by atoms with Crippen LogP contribution in [0.2, 0.25) is 0 Å². The molecule has 2 bridgehead atoms. The first-order valence-corrected chi connectivity index (χ1v) is 10.8. The summed E-state index contributed by atoms with van der Waals surface area (Å²) in [7, 11) is 0. The third-order valence-corrected chi connectivity index (χ3v) is 3.91. The van der Waals surface area contributed by atoms with Crippen LogP contribution in [0, 0.1) is 39.9 Å². The van der Waals surface area contributed by atoms with Gasteiger partial charge in [-0.2, -0.15) is 5.06 Å². The number of amides is 2. The van der Waals surface area contributed by atoms with Gasteiger partial charge in [0, 0.05) is 42.3 Å². The predicted octanol–water partition coefficient (Wildman–Crippen LogP) is -0.426. The summed E-state index contributed by atoms with van der Waals surface area (Å²) in [6.07, 6.45) is 7.57. The Morgan fingerprint density at radius 2 is 1.23 bits per heavy atom. The number of nitrogens with zero attached hydrogens (tertiary/aromatic N) is 1. The first kappa shape index (κ1) is 60.3. The summed E-state index contributed by atoms with van der Waals surface area (Å²) in [4.78, 5) is 28.2. The standard InChI is InChI=1S/C10H15NO3.C10H17NO3.6CO.B.Mo.Na.H/c1-10(2,3)13-9(12)11-7-4-5-8(6-7)14-11;1-10(2,3)14-9(13)11-7-4-5-8(12)6-7;6*1-2;;;;/h4-5,7-8H,6H2,1-3H3;4-5,7-8,12H,6H2,1-3H3,(H,11,13);;;;;;;;;;/q;;;;;;;;;;+1;-1. The summed E-state index contributed by atoms with van der Waals surface area (Å²) >= 11 is 0. The number of rotatable bonds is 1. The third kappa shape index (κ3) is 32.9. The molecule has 4 atom stereocenters. The van der Waals surface area contributed by atoms with Crippen molar-refractivity contribution in [2.45, 2.75) is 89.9 Å². The monoisotopic (exact) mass is 697 g/mol. The van der Waals surface area contributed by atoms with Crippen LogP contribution in [-0.2, 0) is 63.3 Å². The molecule has 1 fully saturated rings. The van der Waals surface area contributed by atoms with Gasteiger partial charge in [-0.25, -0.2) is 9.59 Å². The van der Waals surface area contributed by atoms with Crippen molar-refractivity contribution in [3.63, 3.8) is 0 Å². The average Bonchev–Trinajstić information content (AvgIpc) is 3.67. The molecule has 0 aromatic carbocycles. The molecule has 43 heavy (non-hydrogen) atoms. The molecule has 2 aliphatic carbocycles. The maximum Gasteiger partial charge on any atom is 1.00 e. The Bertz CT molecular complexity index is 865. The maximum absolute atomic E-state index is 11.6. The number of aliphatic hydroxyl groups is 1. The molecule has 0 aromatic rings. The van der Waals surface area contributed by atoms with Gasteiger partial charge >= 0.3 is 110 Å². The zero-order valence-corrected chi connectivity index (χ0v) is 28.9. The van der Waals surface area contributed by atoms with E-state index in [1.165, 1.54) is 5.06 Å². The SMILES string of the molecule is CC(C)(C)OC(=O)N1OC2C=CC1C2.CC(C)(C)OC(=O)NC1C=CC(O)C1.[B].[C-]#[O+].[C-]#[O+].[C-]#[O+].[C-]#[O+].[C-]#[O+].[C-]#[O+].[H-].[Mo].[Na+]. The van der Waals surface area contributed by atoms with Crippen LogP contribution in [0.15, 0.2) is 24.3 Å². The zero-order chi connectivity index (χ0) is 33.1. The Morgan fingerprint density at radius 3 is 1.51 bits per heavy atom. The second-order valence-electron chi connectivity index (χ2n) is 9.08. The molecular formula is C26H33BMoN2NaO12. The van der Waals surface area contributed by atoms with E-state index in [1.807, 2.05) is 53.7 Å². The van der Waals surface area contributed by atoms with E-state index in [2.05, 4.69) is 45.2 Å². The number of carbonyl (C=O) groups is 2. The van der Waals surface area contributed by atoms with Gasteiger partial charge in [0.1, 0.15) is 17.3 Å². The summed E-state index contributed by atoms with van der Waals surface area (Å²) < 4.78 is 55.3. The summed E-state index contributed by atoms with van der Waals surface area (Å²) in [5.74, 6) is 0. The van der Waals surface area contributed by atoms with Crippen molar-refractivity contribution in [1.29, 1.82) is 0 Å². The fraction of sp³-hybridized carbons (Fsp3) is 0.538. The van der Waals surface area contributed by atoms with Crippen molar-refractivity contribution in [2.24, 2.45) is 0 Å². The minimum Gasteiger partial charge on any atom is -1.00 e.